The maximum Gasteiger partial charge on any atom is 0.0726 e. The molecule has 0 radical (unpaired) electrons. The lowest BCUT2D eigenvalue weighted by Gasteiger charge is -2.43. The summed E-state index contributed by atoms with van der Waals surface area (Å²) in [5.74, 6) is 0. The number of fused-ring (bicyclic) bond motifs is 14. The highest BCUT2D eigenvalue weighted by Crippen LogP contribution is 2.64. The van der Waals surface area contributed by atoms with Gasteiger partial charge in [0.2, 0.25) is 0 Å². The molecule has 1 heterocycles. The molecule has 0 unspecified atom stereocenters. The third-order valence-corrected chi connectivity index (χ3v) is 15.4. The zero-order valence-corrected chi connectivity index (χ0v) is 38.0. The number of anilines is 6. The van der Waals surface area contributed by atoms with Gasteiger partial charge in [0.25, 0.3) is 0 Å². The van der Waals surface area contributed by atoms with E-state index in [2.05, 4.69) is 266 Å². The van der Waals surface area contributed by atoms with Gasteiger partial charge in [0, 0.05) is 33.4 Å². The molecule has 2 nitrogen and oxygen atoms in total. The Morgan fingerprint density at radius 2 is 0.779 bits per heavy atom. The van der Waals surface area contributed by atoms with Crippen molar-refractivity contribution in [3.63, 3.8) is 0 Å². The molecule has 320 valence electrons. The fraction of sp³-hybridized carbons (Fsp3) is 0.0606. The van der Waals surface area contributed by atoms with Gasteiger partial charge in [0.1, 0.15) is 0 Å². The molecule has 11 aromatic carbocycles. The van der Waals surface area contributed by atoms with Crippen LogP contribution in [0.15, 0.2) is 243 Å². The Bertz CT molecular complexity index is 3790. The maximum atomic E-state index is 2.57. The van der Waals surface area contributed by atoms with Gasteiger partial charge in [-0.15, -0.1) is 0 Å². The molecular weight excluding hydrogens is 821 g/mol. The van der Waals surface area contributed by atoms with Crippen LogP contribution in [0, 0.1) is 0 Å². The minimum Gasteiger partial charge on any atom is -0.310 e. The summed E-state index contributed by atoms with van der Waals surface area (Å²) in [5.41, 5.74) is 21.8. The van der Waals surface area contributed by atoms with Crippen LogP contribution in [0.1, 0.15) is 47.2 Å². The van der Waals surface area contributed by atoms with Gasteiger partial charge < -0.3 is 9.80 Å². The molecule has 0 atom stereocenters. The van der Waals surface area contributed by atoms with Crippen LogP contribution in [0.5, 0.6) is 0 Å². The van der Waals surface area contributed by atoms with Crippen molar-refractivity contribution in [2.75, 3.05) is 9.80 Å². The highest BCUT2D eigenvalue weighted by molar-refractivity contribution is 6.11. The van der Waals surface area contributed by atoms with Crippen LogP contribution in [0.3, 0.4) is 0 Å². The first-order valence-electron chi connectivity index (χ1n) is 23.8. The Morgan fingerprint density at radius 3 is 1.47 bits per heavy atom. The third-order valence-electron chi connectivity index (χ3n) is 15.4. The molecule has 11 aromatic rings. The first kappa shape index (κ1) is 38.8. The molecule has 68 heavy (non-hydrogen) atoms. The van der Waals surface area contributed by atoms with Crippen molar-refractivity contribution >= 4 is 55.7 Å². The summed E-state index contributed by atoms with van der Waals surface area (Å²) in [7, 11) is 0. The van der Waals surface area contributed by atoms with Crippen molar-refractivity contribution in [3.05, 3.63) is 276 Å². The second kappa shape index (κ2) is 14.5. The molecule has 2 heteroatoms. The second-order valence-electron chi connectivity index (χ2n) is 19.2. The van der Waals surface area contributed by atoms with Crippen molar-refractivity contribution in [3.8, 4) is 33.4 Å². The summed E-state index contributed by atoms with van der Waals surface area (Å²) in [6.07, 6.45) is 0. The summed E-state index contributed by atoms with van der Waals surface area (Å²) in [5, 5.41) is 4.91. The molecule has 3 aliphatic rings. The summed E-state index contributed by atoms with van der Waals surface area (Å²) in [6.45, 7) is 4.80. The molecule has 1 aliphatic heterocycles. The molecule has 0 bridgehead atoms. The summed E-state index contributed by atoms with van der Waals surface area (Å²) in [6, 6.07) is 90.6. The van der Waals surface area contributed by atoms with E-state index in [9.17, 15) is 0 Å². The molecule has 14 rings (SSSR count). The predicted octanol–water partition coefficient (Wildman–Crippen LogP) is 17.6. The highest BCUT2D eigenvalue weighted by atomic mass is 15.2. The summed E-state index contributed by atoms with van der Waals surface area (Å²) < 4.78 is 0. The SMILES string of the molecule is CC1(C)c2ccccc2N(c2c(-c3cccc4ccccc34)ccc3ccccc23)c2ccc(N(c3ccccc3)c3ccc4c(c3)C3(c5ccccc5-c5ccccc53)c3ccccc3-4)cc21. The van der Waals surface area contributed by atoms with E-state index in [1.54, 1.807) is 0 Å². The van der Waals surface area contributed by atoms with Crippen LogP contribution in [-0.4, -0.2) is 0 Å². The Morgan fingerprint density at radius 1 is 0.309 bits per heavy atom. The minimum atomic E-state index is -0.445. The molecule has 0 aromatic heterocycles. The first-order chi connectivity index (χ1) is 33.5. The lowest BCUT2D eigenvalue weighted by Crippen LogP contribution is -2.31. The third kappa shape index (κ3) is 5.29. The number of para-hydroxylation sites is 2. The van der Waals surface area contributed by atoms with Gasteiger partial charge in [-0.25, -0.2) is 0 Å². The zero-order valence-electron chi connectivity index (χ0n) is 38.0. The molecule has 0 N–H and O–H groups in total. The summed E-state index contributed by atoms with van der Waals surface area (Å²) >= 11 is 0. The van der Waals surface area contributed by atoms with Crippen LogP contribution in [0.2, 0.25) is 0 Å². The van der Waals surface area contributed by atoms with Gasteiger partial charge in [-0.1, -0.05) is 208 Å². The van der Waals surface area contributed by atoms with Crippen molar-refractivity contribution in [2.24, 2.45) is 0 Å². The van der Waals surface area contributed by atoms with E-state index in [0.29, 0.717) is 0 Å². The van der Waals surface area contributed by atoms with Gasteiger partial charge in [-0.05, 0) is 126 Å². The lowest BCUT2D eigenvalue weighted by molar-refractivity contribution is 0.632. The van der Waals surface area contributed by atoms with Crippen LogP contribution in [0.4, 0.5) is 34.1 Å². The second-order valence-corrected chi connectivity index (χ2v) is 19.2. The number of hydrogen-bond acceptors (Lipinski definition) is 2. The van der Waals surface area contributed by atoms with Crippen LogP contribution in [-0.2, 0) is 10.8 Å². The standard InChI is InChI=1S/C66H46N2/c1-65(2)59-33-16-17-34-62(59)68(64-49-25-9-7-20-44(49)35-38-55(64)50-29-18-21-43-19-6-8-24-48(43)50)63-40-37-47(42-61(63)65)67(45-22-4-3-5-23-45)46-36-39-54-53-28-12-15-32-58(53)66(60(54)41-46)56-30-13-10-26-51(56)52-27-11-14-31-57(52)66/h3-42H,1-2H3. The topological polar surface area (TPSA) is 6.48 Å². The van der Waals surface area contributed by atoms with E-state index >= 15 is 0 Å². The maximum absolute atomic E-state index is 2.57. The molecule has 1 spiro atoms. The van der Waals surface area contributed by atoms with Crippen LogP contribution < -0.4 is 9.80 Å². The Hall–Kier alpha value is -8.46. The zero-order chi connectivity index (χ0) is 45.1. The summed E-state index contributed by atoms with van der Waals surface area (Å²) in [4.78, 5) is 5.04. The largest absolute Gasteiger partial charge is 0.310 e. The van der Waals surface area contributed by atoms with Gasteiger partial charge >= 0.3 is 0 Å². The molecule has 0 saturated heterocycles. The number of benzene rings is 11. The molecule has 0 saturated carbocycles. The average Bonchev–Trinajstić information content (AvgIpc) is 3.86. The normalized spacial score (nSPS) is 14.2. The number of nitrogens with zero attached hydrogens (tertiary/aromatic N) is 2. The quantitative estimate of drug-likeness (QED) is 0.170. The monoisotopic (exact) mass is 866 g/mol. The van der Waals surface area contributed by atoms with Crippen LogP contribution in [0.25, 0.3) is 54.9 Å². The van der Waals surface area contributed by atoms with E-state index in [1.807, 2.05) is 0 Å². The predicted molar refractivity (Wildman–Crippen MR) is 285 cm³/mol. The van der Waals surface area contributed by atoms with Crippen LogP contribution >= 0.6 is 0 Å². The first-order valence-corrected chi connectivity index (χ1v) is 23.8. The molecule has 0 amide bonds. The highest BCUT2D eigenvalue weighted by Gasteiger charge is 2.51. The average molecular weight is 867 g/mol. The number of rotatable bonds is 5. The number of hydrogen-bond donors (Lipinski definition) is 0. The molecule has 0 fully saturated rings. The lowest BCUT2D eigenvalue weighted by atomic mass is 9.70. The van der Waals surface area contributed by atoms with Crippen molar-refractivity contribution in [1.82, 2.24) is 0 Å². The van der Waals surface area contributed by atoms with E-state index in [0.717, 1.165) is 17.1 Å². The van der Waals surface area contributed by atoms with Gasteiger partial charge in [0.05, 0.1) is 22.5 Å². The fourth-order valence-corrected chi connectivity index (χ4v) is 12.5. The van der Waals surface area contributed by atoms with E-state index < -0.39 is 5.41 Å². The van der Waals surface area contributed by atoms with Gasteiger partial charge in [-0.2, -0.15) is 0 Å². The van der Waals surface area contributed by atoms with E-state index in [-0.39, 0.29) is 5.41 Å². The van der Waals surface area contributed by atoms with Gasteiger partial charge in [-0.3, -0.25) is 0 Å². The molecular formula is C66H46N2. The fourth-order valence-electron chi connectivity index (χ4n) is 12.5. The Balaban J connectivity index is 1.01. The smallest absolute Gasteiger partial charge is 0.0726 e. The van der Waals surface area contributed by atoms with Crippen molar-refractivity contribution in [2.45, 2.75) is 24.7 Å². The van der Waals surface area contributed by atoms with Crippen molar-refractivity contribution < 1.29 is 0 Å². The van der Waals surface area contributed by atoms with Crippen molar-refractivity contribution in [1.29, 1.82) is 0 Å². The Kier molecular flexibility index (Phi) is 8.28. The van der Waals surface area contributed by atoms with E-state index in [1.165, 1.54) is 105 Å². The van der Waals surface area contributed by atoms with E-state index in [4.69, 9.17) is 0 Å². The Labute approximate surface area is 397 Å². The minimum absolute atomic E-state index is 0.327. The molecule has 2 aliphatic carbocycles. The van der Waals surface area contributed by atoms with Gasteiger partial charge in [0.15, 0.2) is 0 Å².